The SMILES string of the molecule is COCC(O)COC1COC2(CCNCC2)C1. The predicted octanol–water partition coefficient (Wildman–Crippen LogP) is -0.0786. The molecule has 0 amide bonds. The van der Waals surface area contributed by atoms with Crippen molar-refractivity contribution >= 4 is 0 Å². The number of hydrogen-bond acceptors (Lipinski definition) is 5. The molecule has 2 N–H and O–H groups in total. The zero-order valence-corrected chi connectivity index (χ0v) is 10.5. The number of aliphatic hydroxyl groups is 1. The molecular weight excluding hydrogens is 222 g/mol. The summed E-state index contributed by atoms with van der Waals surface area (Å²) in [5.74, 6) is 0. The Morgan fingerprint density at radius 2 is 2.18 bits per heavy atom. The van der Waals surface area contributed by atoms with E-state index >= 15 is 0 Å². The van der Waals surface area contributed by atoms with Gasteiger partial charge in [-0.3, -0.25) is 0 Å². The summed E-state index contributed by atoms with van der Waals surface area (Å²) in [6, 6.07) is 0. The molecule has 0 radical (unpaired) electrons. The Hall–Kier alpha value is -0.200. The highest BCUT2D eigenvalue weighted by Gasteiger charge is 2.41. The van der Waals surface area contributed by atoms with Crippen molar-refractivity contribution in [2.45, 2.75) is 37.1 Å². The highest BCUT2D eigenvalue weighted by Crippen LogP contribution is 2.35. The van der Waals surface area contributed by atoms with Crippen LogP contribution in [0.2, 0.25) is 0 Å². The number of methoxy groups -OCH3 is 1. The van der Waals surface area contributed by atoms with Crippen molar-refractivity contribution in [1.82, 2.24) is 5.32 Å². The molecule has 0 saturated carbocycles. The van der Waals surface area contributed by atoms with E-state index in [0.717, 1.165) is 32.4 Å². The second kappa shape index (κ2) is 6.11. The van der Waals surface area contributed by atoms with Crippen LogP contribution in [0.25, 0.3) is 0 Å². The zero-order valence-electron chi connectivity index (χ0n) is 10.5. The zero-order chi connectivity index (χ0) is 12.1. The van der Waals surface area contributed by atoms with Crippen molar-refractivity contribution in [1.29, 1.82) is 0 Å². The molecule has 2 aliphatic rings. The van der Waals surface area contributed by atoms with E-state index < -0.39 is 6.10 Å². The second-order valence-electron chi connectivity index (χ2n) is 5.01. The van der Waals surface area contributed by atoms with Gasteiger partial charge in [-0.1, -0.05) is 0 Å². The largest absolute Gasteiger partial charge is 0.388 e. The summed E-state index contributed by atoms with van der Waals surface area (Å²) in [6.45, 7) is 3.36. The lowest BCUT2D eigenvalue weighted by Crippen LogP contribution is -2.41. The van der Waals surface area contributed by atoms with Gasteiger partial charge in [-0.05, 0) is 25.9 Å². The fraction of sp³-hybridized carbons (Fsp3) is 1.00. The topological polar surface area (TPSA) is 60.0 Å². The van der Waals surface area contributed by atoms with Crippen LogP contribution in [0, 0.1) is 0 Å². The molecule has 5 nitrogen and oxygen atoms in total. The quantitative estimate of drug-likeness (QED) is 0.709. The molecule has 2 unspecified atom stereocenters. The Balaban J connectivity index is 1.70. The molecular formula is C12H23NO4. The highest BCUT2D eigenvalue weighted by atomic mass is 16.6. The fourth-order valence-corrected chi connectivity index (χ4v) is 2.63. The third-order valence-electron chi connectivity index (χ3n) is 3.57. The molecule has 2 fully saturated rings. The Morgan fingerprint density at radius 1 is 1.41 bits per heavy atom. The van der Waals surface area contributed by atoms with Crippen LogP contribution in [-0.2, 0) is 14.2 Å². The van der Waals surface area contributed by atoms with Gasteiger partial charge in [-0.25, -0.2) is 0 Å². The van der Waals surface area contributed by atoms with Gasteiger partial charge in [0, 0.05) is 13.5 Å². The lowest BCUT2D eigenvalue weighted by atomic mass is 9.89. The van der Waals surface area contributed by atoms with Gasteiger partial charge in [0.05, 0.1) is 31.5 Å². The number of aliphatic hydroxyl groups excluding tert-OH is 1. The molecule has 0 aliphatic carbocycles. The van der Waals surface area contributed by atoms with Crippen molar-refractivity contribution in [3.63, 3.8) is 0 Å². The van der Waals surface area contributed by atoms with Crippen molar-refractivity contribution in [2.24, 2.45) is 0 Å². The maximum absolute atomic E-state index is 9.51. The smallest absolute Gasteiger partial charge is 0.101 e. The average Bonchev–Trinajstić information content (AvgIpc) is 2.71. The van der Waals surface area contributed by atoms with Crippen LogP contribution < -0.4 is 5.32 Å². The first-order chi connectivity index (χ1) is 8.24. The monoisotopic (exact) mass is 245 g/mol. The van der Waals surface area contributed by atoms with E-state index in [9.17, 15) is 5.11 Å². The molecule has 1 spiro atoms. The molecule has 17 heavy (non-hydrogen) atoms. The summed E-state index contributed by atoms with van der Waals surface area (Å²) in [4.78, 5) is 0. The van der Waals surface area contributed by atoms with Gasteiger partial charge in [0.1, 0.15) is 6.10 Å². The van der Waals surface area contributed by atoms with E-state index in [1.165, 1.54) is 0 Å². The van der Waals surface area contributed by atoms with Gasteiger partial charge in [0.25, 0.3) is 0 Å². The molecule has 0 bridgehead atoms. The summed E-state index contributed by atoms with van der Waals surface area (Å²) in [7, 11) is 1.58. The molecule has 0 aromatic heterocycles. The van der Waals surface area contributed by atoms with Gasteiger partial charge in [-0.15, -0.1) is 0 Å². The maximum atomic E-state index is 9.51. The van der Waals surface area contributed by atoms with Gasteiger partial charge >= 0.3 is 0 Å². The molecule has 2 aliphatic heterocycles. The van der Waals surface area contributed by atoms with E-state index in [1.807, 2.05) is 0 Å². The molecule has 2 heterocycles. The molecule has 2 atom stereocenters. The molecule has 2 rings (SSSR count). The Morgan fingerprint density at radius 3 is 2.88 bits per heavy atom. The molecule has 0 aromatic rings. The van der Waals surface area contributed by atoms with Crippen LogP contribution in [-0.4, -0.2) is 62.9 Å². The first kappa shape index (κ1) is 13.2. The first-order valence-electron chi connectivity index (χ1n) is 6.37. The second-order valence-corrected chi connectivity index (χ2v) is 5.01. The summed E-state index contributed by atoms with van der Waals surface area (Å²) in [6.07, 6.45) is 2.67. The van der Waals surface area contributed by atoms with Gasteiger partial charge < -0.3 is 24.6 Å². The number of piperidine rings is 1. The van der Waals surface area contributed by atoms with Crippen LogP contribution in [0.15, 0.2) is 0 Å². The minimum Gasteiger partial charge on any atom is -0.388 e. The molecule has 100 valence electrons. The van der Waals surface area contributed by atoms with Crippen LogP contribution >= 0.6 is 0 Å². The summed E-state index contributed by atoms with van der Waals surface area (Å²) in [5, 5.41) is 12.9. The van der Waals surface area contributed by atoms with E-state index in [0.29, 0.717) is 19.8 Å². The Labute approximate surface area is 102 Å². The lowest BCUT2D eigenvalue weighted by Gasteiger charge is -2.32. The third-order valence-corrected chi connectivity index (χ3v) is 3.57. The number of nitrogens with one attached hydrogen (secondary N) is 1. The summed E-state index contributed by atoms with van der Waals surface area (Å²) in [5.41, 5.74) is 0.0299. The Kier molecular flexibility index (Phi) is 4.76. The summed E-state index contributed by atoms with van der Waals surface area (Å²) >= 11 is 0. The standard InChI is InChI=1S/C12H23NO4/c1-15-7-10(14)8-16-11-6-12(17-9-11)2-4-13-5-3-12/h10-11,13-14H,2-9H2,1H3. The normalized spacial score (nSPS) is 29.6. The van der Waals surface area contributed by atoms with Crippen molar-refractivity contribution in [3.8, 4) is 0 Å². The van der Waals surface area contributed by atoms with E-state index in [1.54, 1.807) is 7.11 Å². The van der Waals surface area contributed by atoms with E-state index in [2.05, 4.69) is 5.32 Å². The third kappa shape index (κ3) is 3.63. The van der Waals surface area contributed by atoms with Crippen LogP contribution in [0.3, 0.4) is 0 Å². The lowest BCUT2D eigenvalue weighted by molar-refractivity contribution is -0.0421. The predicted molar refractivity (Wildman–Crippen MR) is 63.0 cm³/mol. The van der Waals surface area contributed by atoms with Crippen molar-refractivity contribution < 1.29 is 19.3 Å². The highest BCUT2D eigenvalue weighted by molar-refractivity contribution is 4.93. The average molecular weight is 245 g/mol. The van der Waals surface area contributed by atoms with Gasteiger partial charge in [-0.2, -0.15) is 0 Å². The number of ether oxygens (including phenoxy) is 3. The van der Waals surface area contributed by atoms with Crippen molar-refractivity contribution in [2.75, 3.05) is 40.0 Å². The number of rotatable bonds is 5. The fourth-order valence-electron chi connectivity index (χ4n) is 2.63. The first-order valence-corrected chi connectivity index (χ1v) is 6.37. The minimum atomic E-state index is -0.537. The molecule has 2 saturated heterocycles. The van der Waals surface area contributed by atoms with Gasteiger partial charge in [0.15, 0.2) is 0 Å². The van der Waals surface area contributed by atoms with Crippen LogP contribution in [0.5, 0.6) is 0 Å². The minimum absolute atomic E-state index is 0.0299. The Bertz CT molecular complexity index is 231. The molecule has 5 heteroatoms. The number of hydrogen-bond donors (Lipinski definition) is 2. The summed E-state index contributed by atoms with van der Waals surface area (Å²) < 4.78 is 16.4. The van der Waals surface area contributed by atoms with E-state index in [-0.39, 0.29) is 11.7 Å². The van der Waals surface area contributed by atoms with E-state index in [4.69, 9.17) is 14.2 Å². The van der Waals surface area contributed by atoms with Crippen molar-refractivity contribution in [3.05, 3.63) is 0 Å². The van der Waals surface area contributed by atoms with Gasteiger partial charge in [0.2, 0.25) is 0 Å². The van der Waals surface area contributed by atoms with Crippen LogP contribution in [0.1, 0.15) is 19.3 Å². The van der Waals surface area contributed by atoms with Crippen LogP contribution in [0.4, 0.5) is 0 Å². The molecule has 0 aromatic carbocycles. The maximum Gasteiger partial charge on any atom is 0.101 e.